The normalized spacial score (nSPS) is 21.8. The Morgan fingerprint density at radius 2 is 2.04 bits per heavy atom. The number of benzene rings is 1. The first-order valence-electron chi connectivity index (χ1n) is 8.57. The Morgan fingerprint density at radius 1 is 1.20 bits per heavy atom. The van der Waals surface area contributed by atoms with E-state index in [9.17, 15) is 9.59 Å². The molecule has 1 aromatic carbocycles. The average Bonchev–Trinajstić information content (AvgIpc) is 2.91. The third-order valence-corrected chi connectivity index (χ3v) is 4.93. The molecule has 2 bridgehead atoms. The summed E-state index contributed by atoms with van der Waals surface area (Å²) in [6.45, 7) is 0.306. The van der Waals surface area contributed by atoms with Crippen LogP contribution in [0.15, 0.2) is 53.3 Å². The molecule has 2 atom stereocenters. The SMILES string of the molecule is O=C(NCc1ccc(=O)[nH]n1)N1C2C=C(c3ccccc3)CC1CC2. The number of amides is 2. The molecule has 2 amide bonds. The van der Waals surface area contributed by atoms with Crippen molar-refractivity contribution >= 4 is 11.6 Å². The fourth-order valence-electron chi connectivity index (χ4n) is 3.74. The van der Waals surface area contributed by atoms with E-state index in [2.05, 4.69) is 33.7 Å². The Balaban J connectivity index is 1.45. The van der Waals surface area contributed by atoms with Crippen molar-refractivity contribution in [3.63, 3.8) is 0 Å². The van der Waals surface area contributed by atoms with E-state index in [1.165, 1.54) is 17.2 Å². The molecule has 4 rings (SSSR count). The quantitative estimate of drug-likeness (QED) is 0.903. The molecule has 3 heterocycles. The van der Waals surface area contributed by atoms with Gasteiger partial charge in [0.1, 0.15) is 0 Å². The molecule has 6 heteroatoms. The summed E-state index contributed by atoms with van der Waals surface area (Å²) in [5, 5.41) is 9.21. The Labute approximate surface area is 145 Å². The molecule has 2 aromatic rings. The summed E-state index contributed by atoms with van der Waals surface area (Å²) >= 11 is 0. The van der Waals surface area contributed by atoms with E-state index >= 15 is 0 Å². The summed E-state index contributed by atoms with van der Waals surface area (Å²) in [6.07, 6.45) is 5.16. The van der Waals surface area contributed by atoms with Crippen LogP contribution in [-0.2, 0) is 6.54 Å². The lowest BCUT2D eigenvalue weighted by Gasteiger charge is -2.34. The molecule has 25 heavy (non-hydrogen) atoms. The van der Waals surface area contributed by atoms with Gasteiger partial charge in [-0.3, -0.25) is 4.79 Å². The van der Waals surface area contributed by atoms with Crippen LogP contribution < -0.4 is 10.9 Å². The van der Waals surface area contributed by atoms with Crippen molar-refractivity contribution in [1.29, 1.82) is 0 Å². The van der Waals surface area contributed by atoms with Gasteiger partial charge in [0.25, 0.3) is 5.56 Å². The molecule has 0 radical (unpaired) electrons. The smallest absolute Gasteiger partial charge is 0.318 e. The van der Waals surface area contributed by atoms with E-state index in [1.54, 1.807) is 6.07 Å². The molecule has 1 fully saturated rings. The molecular formula is C19H20N4O2. The van der Waals surface area contributed by atoms with Crippen molar-refractivity contribution in [2.24, 2.45) is 0 Å². The summed E-state index contributed by atoms with van der Waals surface area (Å²) in [5.74, 6) is 0. The van der Waals surface area contributed by atoms with Crippen molar-refractivity contribution in [2.75, 3.05) is 0 Å². The number of rotatable bonds is 3. The zero-order valence-electron chi connectivity index (χ0n) is 13.8. The highest BCUT2D eigenvalue weighted by Crippen LogP contribution is 2.38. The third kappa shape index (κ3) is 3.20. The Bertz CT molecular complexity index is 839. The minimum absolute atomic E-state index is 0.0659. The minimum Gasteiger partial charge on any atom is -0.332 e. The molecule has 0 saturated carbocycles. The van der Waals surface area contributed by atoms with Crippen LogP contribution in [0.4, 0.5) is 4.79 Å². The number of fused-ring (bicyclic) bond motifs is 2. The summed E-state index contributed by atoms with van der Waals surface area (Å²) < 4.78 is 0. The van der Waals surface area contributed by atoms with E-state index in [0.29, 0.717) is 12.2 Å². The second-order valence-corrected chi connectivity index (χ2v) is 6.54. The fraction of sp³-hybridized carbons (Fsp3) is 0.316. The topological polar surface area (TPSA) is 78.1 Å². The monoisotopic (exact) mass is 336 g/mol. The molecule has 0 aliphatic carbocycles. The van der Waals surface area contributed by atoms with E-state index in [0.717, 1.165) is 19.3 Å². The number of nitrogens with zero attached hydrogens (tertiary/aromatic N) is 2. The standard InChI is InChI=1S/C19H20N4O2/c24-18-9-6-15(21-22-18)12-20-19(25)23-16-7-8-17(23)11-14(10-16)13-4-2-1-3-5-13/h1-6,9-10,16-17H,7-8,11-12H2,(H,20,25)(H,22,24). The largest absolute Gasteiger partial charge is 0.332 e. The molecular weight excluding hydrogens is 316 g/mol. The van der Waals surface area contributed by atoms with Gasteiger partial charge in [0.05, 0.1) is 18.3 Å². The van der Waals surface area contributed by atoms with Crippen LogP contribution in [0.3, 0.4) is 0 Å². The number of nitrogens with one attached hydrogen (secondary N) is 2. The highest BCUT2D eigenvalue weighted by Gasteiger charge is 2.39. The van der Waals surface area contributed by atoms with Gasteiger partial charge in [-0.2, -0.15) is 5.10 Å². The molecule has 6 nitrogen and oxygen atoms in total. The van der Waals surface area contributed by atoms with Gasteiger partial charge in [-0.15, -0.1) is 0 Å². The predicted octanol–water partition coefficient (Wildman–Crippen LogP) is 2.30. The first-order valence-corrected chi connectivity index (χ1v) is 8.57. The summed E-state index contributed by atoms with van der Waals surface area (Å²) in [5.41, 5.74) is 2.97. The van der Waals surface area contributed by atoms with Gasteiger partial charge in [0, 0.05) is 12.1 Å². The van der Waals surface area contributed by atoms with Gasteiger partial charge in [-0.1, -0.05) is 36.4 Å². The lowest BCUT2D eigenvalue weighted by Crippen LogP contribution is -2.48. The molecule has 2 aliphatic heterocycles. The van der Waals surface area contributed by atoms with Crippen molar-refractivity contribution in [1.82, 2.24) is 20.4 Å². The third-order valence-electron chi connectivity index (χ3n) is 4.93. The number of hydrogen-bond acceptors (Lipinski definition) is 3. The Hall–Kier alpha value is -2.89. The highest BCUT2D eigenvalue weighted by molar-refractivity contribution is 5.78. The number of H-pyrrole nitrogens is 1. The summed E-state index contributed by atoms with van der Waals surface area (Å²) in [6, 6.07) is 13.7. The van der Waals surface area contributed by atoms with Gasteiger partial charge in [0.15, 0.2) is 0 Å². The number of hydrogen-bond donors (Lipinski definition) is 2. The van der Waals surface area contributed by atoms with E-state index in [1.807, 2.05) is 23.1 Å². The van der Waals surface area contributed by atoms with Crippen LogP contribution in [0, 0.1) is 0 Å². The van der Waals surface area contributed by atoms with Crippen LogP contribution in [-0.4, -0.2) is 33.2 Å². The van der Waals surface area contributed by atoms with Gasteiger partial charge in [0.2, 0.25) is 0 Å². The lowest BCUT2D eigenvalue weighted by atomic mass is 9.95. The van der Waals surface area contributed by atoms with E-state index < -0.39 is 0 Å². The van der Waals surface area contributed by atoms with E-state index in [-0.39, 0.29) is 23.7 Å². The molecule has 1 aromatic heterocycles. The Morgan fingerprint density at radius 3 is 2.76 bits per heavy atom. The van der Waals surface area contributed by atoms with Crippen LogP contribution in [0.25, 0.3) is 5.57 Å². The van der Waals surface area contributed by atoms with Crippen LogP contribution in [0.2, 0.25) is 0 Å². The van der Waals surface area contributed by atoms with Gasteiger partial charge < -0.3 is 10.2 Å². The first kappa shape index (κ1) is 15.6. The molecule has 2 aliphatic rings. The highest BCUT2D eigenvalue weighted by atomic mass is 16.2. The predicted molar refractivity (Wildman–Crippen MR) is 94.8 cm³/mol. The average molecular weight is 336 g/mol. The minimum atomic E-state index is -0.247. The Kier molecular flexibility index (Phi) is 4.09. The number of carbonyl (C=O) groups is 1. The van der Waals surface area contributed by atoms with Crippen LogP contribution in [0.5, 0.6) is 0 Å². The number of aromatic amines is 1. The van der Waals surface area contributed by atoms with Crippen LogP contribution >= 0.6 is 0 Å². The second-order valence-electron chi connectivity index (χ2n) is 6.54. The van der Waals surface area contributed by atoms with Crippen molar-refractivity contribution in [3.05, 3.63) is 70.2 Å². The van der Waals surface area contributed by atoms with Gasteiger partial charge in [-0.25, -0.2) is 9.89 Å². The molecule has 2 N–H and O–H groups in total. The zero-order chi connectivity index (χ0) is 17.2. The first-order chi connectivity index (χ1) is 12.2. The summed E-state index contributed by atoms with van der Waals surface area (Å²) in [7, 11) is 0. The molecule has 2 unspecified atom stereocenters. The maximum absolute atomic E-state index is 12.6. The van der Waals surface area contributed by atoms with Gasteiger partial charge in [-0.05, 0) is 36.5 Å². The summed E-state index contributed by atoms with van der Waals surface area (Å²) in [4.78, 5) is 25.6. The van der Waals surface area contributed by atoms with Crippen LogP contribution in [0.1, 0.15) is 30.5 Å². The number of carbonyl (C=O) groups excluding carboxylic acids is 1. The van der Waals surface area contributed by atoms with Crippen molar-refractivity contribution in [3.8, 4) is 0 Å². The zero-order valence-corrected chi connectivity index (χ0v) is 13.8. The maximum Gasteiger partial charge on any atom is 0.318 e. The second kappa shape index (κ2) is 6.55. The molecule has 1 saturated heterocycles. The van der Waals surface area contributed by atoms with Crippen molar-refractivity contribution < 1.29 is 4.79 Å². The fourth-order valence-corrected chi connectivity index (χ4v) is 3.74. The number of urea groups is 1. The maximum atomic E-state index is 12.6. The van der Waals surface area contributed by atoms with Crippen molar-refractivity contribution in [2.45, 2.75) is 37.9 Å². The molecule has 0 spiro atoms. The molecule has 128 valence electrons. The van der Waals surface area contributed by atoms with Gasteiger partial charge >= 0.3 is 6.03 Å². The van der Waals surface area contributed by atoms with E-state index in [4.69, 9.17) is 0 Å². The lowest BCUT2D eigenvalue weighted by molar-refractivity contribution is 0.179. The number of aromatic nitrogens is 2.